The van der Waals surface area contributed by atoms with Crippen LogP contribution in [0, 0.1) is 11.7 Å². The molecule has 0 radical (unpaired) electrons. The summed E-state index contributed by atoms with van der Waals surface area (Å²) in [4.78, 5) is 2.43. The van der Waals surface area contributed by atoms with Crippen molar-refractivity contribution in [2.75, 3.05) is 32.5 Å². The van der Waals surface area contributed by atoms with E-state index in [0.29, 0.717) is 12.3 Å². The zero-order valence-electron chi connectivity index (χ0n) is 16.6. The van der Waals surface area contributed by atoms with E-state index in [1.165, 1.54) is 17.7 Å². The van der Waals surface area contributed by atoms with Crippen molar-refractivity contribution in [2.24, 2.45) is 5.92 Å². The number of aliphatic hydroxyl groups is 1. The summed E-state index contributed by atoms with van der Waals surface area (Å²) in [5.41, 5.74) is 9.15. The third-order valence-corrected chi connectivity index (χ3v) is 5.73. The molecule has 1 atom stereocenters. The average Bonchev–Trinajstić information content (AvgIpc) is 2.70. The molecule has 0 bridgehead atoms. The summed E-state index contributed by atoms with van der Waals surface area (Å²) in [5, 5.41) is 10.3. The summed E-state index contributed by atoms with van der Waals surface area (Å²) in [7, 11) is 1.65. The quantitative estimate of drug-likeness (QED) is 0.680. The molecule has 1 aliphatic rings. The van der Waals surface area contributed by atoms with E-state index in [9.17, 15) is 9.50 Å². The number of ether oxygens (including phenoxy) is 1. The summed E-state index contributed by atoms with van der Waals surface area (Å²) in [5.74, 6) is 1.21. The molecule has 0 aliphatic carbocycles. The van der Waals surface area contributed by atoms with Gasteiger partial charge in [0.05, 0.1) is 13.2 Å². The number of nitrogens with two attached hydrogens (primary N) is 1. The molecular weight excluding hydrogens is 355 g/mol. The number of aliphatic hydroxyl groups excluding tert-OH is 1. The van der Waals surface area contributed by atoms with Crippen LogP contribution in [-0.4, -0.2) is 42.9 Å². The van der Waals surface area contributed by atoms with Crippen molar-refractivity contribution in [3.8, 4) is 5.75 Å². The fraction of sp³-hybridized carbons (Fsp3) is 0.478. The Kier molecular flexibility index (Phi) is 7.29. The van der Waals surface area contributed by atoms with Crippen molar-refractivity contribution in [3.63, 3.8) is 0 Å². The minimum absolute atomic E-state index is 0.238. The first-order chi connectivity index (χ1) is 13.5. The van der Waals surface area contributed by atoms with Crippen LogP contribution in [-0.2, 0) is 12.8 Å². The van der Waals surface area contributed by atoms with Gasteiger partial charge in [-0.25, -0.2) is 4.39 Å². The van der Waals surface area contributed by atoms with Gasteiger partial charge in [-0.05, 0) is 80.4 Å². The van der Waals surface area contributed by atoms with Crippen LogP contribution in [0.4, 0.5) is 10.1 Å². The molecule has 1 aliphatic heterocycles. The molecule has 0 amide bonds. The number of hydrogen-bond acceptors (Lipinski definition) is 4. The van der Waals surface area contributed by atoms with E-state index in [0.717, 1.165) is 62.3 Å². The molecule has 0 aromatic heterocycles. The first-order valence-corrected chi connectivity index (χ1v) is 10.1. The Morgan fingerprint density at radius 2 is 1.89 bits per heavy atom. The molecule has 4 nitrogen and oxygen atoms in total. The zero-order chi connectivity index (χ0) is 19.9. The molecule has 3 rings (SSSR count). The fourth-order valence-corrected chi connectivity index (χ4v) is 3.94. The number of rotatable bonds is 8. The van der Waals surface area contributed by atoms with Gasteiger partial charge in [-0.15, -0.1) is 0 Å². The highest BCUT2D eigenvalue weighted by atomic mass is 19.1. The van der Waals surface area contributed by atoms with E-state index in [2.05, 4.69) is 11.0 Å². The van der Waals surface area contributed by atoms with Gasteiger partial charge in [-0.1, -0.05) is 18.2 Å². The third kappa shape index (κ3) is 5.94. The van der Waals surface area contributed by atoms with Gasteiger partial charge in [-0.3, -0.25) is 0 Å². The van der Waals surface area contributed by atoms with E-state index in [4.69, 9.17) is 10.5 Å². The molecule has 2 aromatic rings. The summed E-state index contributed by atoms with van der Waals surface area (Å²) >= 11 is 0. The topological polar surface area (TPSA) is 58.7 Å². The Hall–Kier alpha value is -2.11. The van der Waals surface area contributed by atoms with E-state index < -0.39 is 0 Å². The standard InChI is InChI=1S/C23H31FN2O2/c1-28-22-7-4-19(23(25)16-22)14-18-8-11-26(12-9-18)13-10-21(27)15-17-2-5-20(24)6-3-17/h2-7,16,18,21,27H,8-15,25H2,1H3. The van der Waals surface area contributed by atoms with Crippen LogP contribution in [0.3, 0.4) is 0 Å². The molecule has 1 unspecified atom stereocenters. The van der Waals surface area contributed by atoms with Crippen LogP contribution in [0.1, 0.15) is 30.4 Å². The maximum atomic E-state index is 13.0. The SMILES string of the molecule is COc1ccc(CC2CCN(CCC(O)Cc3ccc(F)cc3)CC2)c(N)c1. The summed E-state index contributed by atoms with van der Waals surface area (Å²) in [6, 6.07) is 12.3. The number of anilines is 1. The maximum absolute atomic E-state index is 13.0. The Morgan fingerprint density at radius 1 is 1.18 bits per heavy atom. The van der Waals surface area contributed by atoms with Gasteiger partial charge in [0.25, 0.3) is 0 Å². The molecule has 28 heavy (non-hydrogen) atoms. The van der Waals surface area contributed by atoms with Crippen LogP contribution in [0.15, 0.2) is 42.5 Å². The van der Waals surface area contributed by atoms with Crippen molar-refractivity contribution in [2.45, 2.75) is 38.2 Å². The third-order valence-electron chi connectivity index (χ3n) is 5.73. The molecule has 3 N–H and O–H groups in total. The highest BCUT2D eigenvalue weighted by Crippen LogP contribution is 2.27. The summed E-state index contributed by atoms with van der Waals surface area (Å²) < 4.78 is 18.2. The van der Waals surface area contributed by atoms with Crippen molar-refractivity contribution in [3.05, 3.63) is 59.4 Å². The first-order valence-electron chi connectivity index (χ1n) is 10.1. The van der Waals surface area contributed by atoms with Gasteiger partial charge in [0.15, 0.2) is 0 Å². The normalized spacial score (nSPS) is 16.8. The zero-order valence-corrected chi connectivity index (χ0v) is 16.6. The van der Waals surface area contributed by atoms with E-state index >= 15 is 0 Å². The Morgan fingerprint density at radius 3 is 2.54 bits per heavy atom. The Balaban J connectivity index is 1.38. The van der Waals surface area contributed by atoms with Gasteiger partial charge in [-0.2, -0.15) is 0 Å². The summed E-state index contributed by atoms with van der Waals surface area (Å²) in [6.07, 6.45) is 4.25. The second-order valence-corrected chi connectivity index (χ2v) is 7.83. The predicted molar refractivity (Wildman–Crippen MR) is 111 cm³/mol. The lowest BCUT2D eigenvalue weighted by molar-refractivity contribution is 0.122. The fourth-order valence-electron chi connectivity index (χ4n) is 3.94. The largest absolute Gasteiger partial charge is 0.497 e. The van der Waals surface area contributed by atoms with Crippen molar-refractivity contribution >= 4 is 5.69 Å². The van der Waals surface area contributed by atoms with Crippen molar-refractivity contribution < 1.29 is 14.2 Å². The van der Waals surface area contributed by atoms with E-state index in [-0.39, 0.29) is 11.9 Å². The molecule has 1 heterocycles. The molecule has 152 valence electrons. The van der Waals surface area contributed by atoms with Gasteiger partial charge in [0.2, 0.25) is 0 Å². The predicted octanol–water partition coefficient (Wildman–Crippen LogP) is 3.66. The second kappa shape index (κ2) is 9.89. The number of hydrogen-bond donors (Lipinski definition) is 2. The summed E-state index contributed by atoms with van der Waals surface area (Å²) in [6.45, 7) is 3.02. The lowest BCUT2D eigenvalue weighted by Gasteiger charge is -2.32. The Labute approximate surface area is 167 Å². The van der Waals surface area contributed by atoms with E-state index in [1.54, 1.807) is 19.2 Å². The molecular formula is C23H31FN2O2. The van der Waals surface area contributed by atoms with Gasteiger partial charge in [0.1, 0.15) is 11.6 Å². The molecule has 1 fully saturated rings. The minimum Gasteiger partial charge on any atom is -0.497 e. The number of halogens is 1. The second-order valence-electron chi connectivity index (χ2n) is 7.83. The monoisotopic (exact) mass is 386 g/mol. The number of likely N-dealkylation sites (tertiary alicyclic amines) is 1. The molecule has 5 heteroatoms. The highest BCUT2D eigenvalue weighted by Gasteiger charge is 2.21. The number of methoxy groups -OCH3 is 1. The average molecular weight is 387 g/mol. The molecule has 0 spiro atoms. The highest BCUT2D eigenvalue weighted by molar-refractivity contribution is 5.51. The van der Waals surface area contributed by atoms with Crippen LogP contribution in [0.2, 0.25) is 0 Å². The van der Waals surface area contributed by atoms with Gasteiger partial charge >= 0.3 is 0 Å². The number of piperidine rings is 1. The van der Waals surface area contributed by atoms with E-state index in [1.807, 2.05) is 12.1 Å². The minimum atomic E-state index is -0.387. The number of nitrogens with zero attached hydrogens (tertiary/aromatic N) is 1. The van der Waals surface area contributed by atoms with Crippen LogP contribution in [0.5, 0.6) is 5.75 Å². The Bertz CT molecular complexity index is 743. The maximum Gasteiger partial charge on any atom is 0.123 e. The van der Waals surface area contributed by atoms with Crippen molar-refractivity contribution in [1.82, 2.24) is 4.90 Å². The molecule has 2 aromatic carbocycles. The lowest BCUT2D eigenvalue weighted by atomic mass is 9.89. The van der Waals surface area contributed by atoms with Crippen LogP contribution >= 0.6 is 0 Å². The number of nitrogen functional groups attached to an aromatic ring is 1. The van der Waals surface area contributed by atoms with Crippen LogP contribution in [0.25, 0.3) is 0 Å². The van der Waals surface area contributed by atoms with Crippen LogP contribution < -0.4 is 10.5 Å². The van der Waals surface area contributed by atoms with Gasteiger partial charge in [0, 0.05) is 18.3 Å². The van der Waals surface area contributed by atoms with Gasteiger partial charge < -0.3 is 20.5 Å². The smallest absolute Gasteiger partial charge is 0.123 e. The lowest BCUT2D eigenvalue weighted by Crippen LogP contribution is -2.36. The molecule has 0 saturated carbocycles. The first kappa shape index (κ1) is 20.6. The molecule has 1 saturated heterocycles. The van der Waals surface area contributed by atoms with Crippen molar-refractivity contribution in [1.29, 1.82) is 0 Å². The number of benzene rings is 2.